The number of ether oxygens (including phenoxy) is 2. The summed E-state index contributed by atoms with van der Waals surface area (Å²) >= 11 is 0. The first-order valence-electron chi connectivity index (χ1n) is 8.24. The van der Waals surface area contributed by atoms with E-state index in [1.165, 1.54) is 0 Å². The average molecular weight is 328 g/mol. The summed E-state index contributed by atoms with van der Waals surface area (Å²) in [6.45, 7) is 5.53. The molecule has 23 heavy (non-hydrogen) atoms. The van der Waals surface area contributed by atoms with Crippen LogP contribution in [0.25, 0.3) is 0 Å². The highest BCUT2D eigenvalue weighted by Gasteiger charge is 2.39. The first-order valence-corrected chi connectivity index (χ1v) is 8.24. The summed E-state index contributed by atoms with van der Waals surface area (Å²) in [6, 6.07) is 0. The first kappa shape index (κ1) is 18.0. The molecule has 0 aromatic carbocycles. The third kappa shape index (κ3) is 4.14. The minimum absolute atomic E-state index is 0.0157. The zero-order valence-electron chi connectivity index (χ0n) is 14.4. The molecule has 7 heteroatoms. The monoisotopic (exact) mass is 328 g/mol. The Morgan fingerprint density at radius 1 is 1.30 bits per heavy atom. The highest BCUT2D eigenvalue weighted by molar-refractivity contribution is 5.84. The zero-order valence-corrected chi connectivity index (χ0v) is 14.4. The average Bonchev–Trinajstić information content (AvgIpc) is 2.98. The van der Waals surface area contributed by atoms with Gasteiger partial charge in [-0.1, -0.05) is 19.0 Å². The molecular weight excluding hydrogens is 300 g/mol. The summed E-state index contributed by atoms with van der Waals surface area (Å²) < 4.78 is 10.7. The lowest BCUT2D eigenvalue weighted by Gasteiger charge is -2.35. The Morgan fingerprint density at radius 2 is 1.91 bits per heavy atom. The molecule has 0 aromatic rings. The smallest absolute Gasteiger partial charge is 0.310 e. The van der Waals surface area contributed by atoms with Crippen molar-refractivity contribution >= 4 is 11.8 Å². The fraction of sp³-hybridized carbons (Fsp3) is 0.875. The summed E-state index contributed by atoms with van der Waals surface area (Å²) in [4.78, 5) is 19.1. The van der Waals surface area contributed by atoms with Gasteiger partial charge in [0.15, 0.2) is 6.29 Å². The predicted octanol–water partition coefficient (Wildman–Crippen LogP) is 1.78. The Morgan fingerprint density at radius 3 is 2.39 bits per heavy atom. The molecule has 1 N–H and O–H groups in total. The van der Waals surface area contributed by atoms with Crippen molar-refractivity contribution in [3.63, 3.8) is 0 Å². The number of hydrogen-bond acceptors (Lipinski definition) is 6. The van der Waals surface area contributed by atoms with Crippen LogP contribution in [0.15, 0.2) is 5.16 Å². The minimum atomic E-state index is -0.816. The molecule has 132 valence electrons. The van der Waals surface area contributed by atoms with Gasteiger partial charge in [0.2, 0.25) is 0 Å². The molecule has 2 aliphatic rings. The van der Waals surface area contributed by atoms with Gasteiger partial charge in [-0.25, -0.2) is 0 Å². The number of oxime groups is 1. The van der Waals surface area contributed by atoms with Crippen molar-refractivity contribution in [2.24, 2.45) is 22.9 Å². The topological polar surface area (TPSA) is 80.6 Å². The van der Waals surface area contributed by atoms with E-state index in [0.717, 1.165) is 31.8 Å². The normalized spacial score (nSPS) is 24.0. The van der Waals surface area contributed by atoms with Gasteiger partial charge in [0.25, 0.3) is 0 Å². The zero-order chi connectivity index (χ0) is 17.0. The maximum Gasteiger partial charge on any atom is 0.310 e. The number of likely N-dealkylation sites (tertiary alicyclic amines) is 1. The Bertz CT molecular complexity index is 428. The van der Waals surface area contributed by atoms with Crippen LogP contribution >= 0.6 is 0 Å². The van der Waals surface area contributed by atoms with Gasteiger partial charge in [0, 0.05) is 39.6 Å². The second-order valence-electron chi connectivity index (χ2n) is 6.63. The van der Waals surface area contributed by atoms with E-state index < -0.39 is 11.9 Å². The number of hydrogen-bond donors (Lipinski definition) is 1. The molecule has 2 rings (SSSR count). The summed E-state index contributed by atoms with van der Waals surface area (Å²) in [5.41, 5.74) is 0. The molecule has 7 nitrogen and oxygen atoms in total. The van der Waals surface area contributed by atoms with Gasteiger partial charge < -0.3 is 24.3 Å². The number of aliphatic carboxylic acids is 1. The van der Waals surface area contributed by atoms with Crippen LogP contribution in [0.1, 0.15) is 33.1 Å². The van der Waals surface area contributed by atoms with E-state index in [4.69, 9.17) is 14.3 Å². The molecular formula is C16H28N2O5. The molecule has 0 bridgehead atoms. The third-order valence-electron chi connectivity index (χ3n) is 4.84. The Kier molecular flexibility index (Phi) is 6.24. The Balaban J connectivity index is 1.87. The van der Waals surface area contributed by atoms with Gasteiger partial charge in [-0.3, -0.25) is 4.79 Å². The van der Waals surface area contributed by atoms with E-state index in [0.29, 0.717) is 12.3 Å². The van der Waals surface area contributed by atoms with E-state index in [1.54, 1.807) is 14.2 Å². The Hall–Kier alpha value is -1.34. The fourth-order valence-corrected chi connectivity index (χ4v) is 3.55. The standard InChI is InChI=1S/C16H28N2O5/c1-10(2)14(15(19)20)12-9-13(17-23-12)18-7-5-11(6-8-18)16(21-3)22-4/h10-12,14,16H,5-9H2,1-4H3,(H,19,20). The van der Waals surface area contributed by atoms with Gasteiger partial charge in [-0.15, -0.1) is 0 Å². The number of nitrogens with zero attached hydrogens (tertiary/aromatic N) is 2. The van der Waals surface area contributed by atoms with Gasteiger partial charge in [0.05, 0.1) is 5.92 Å². The first-order chi connectivity index (χ1) is 11.0. The molecule has 1 fully saturated rings. The quantitative estimate of drug-likeness (QED) is 0.749. The van der Waals surface area contributed by atoms with Gasteiger partial charge in [-0.05, 0) is 18.8 Å². The number of amidine groups is 1. The summed E-state index contributed by atoms with van der Waals surface area (Å²) in [5, 5.41) is 13.5. The van der Waals surface area contributed by atoms with Crippen molar-refractivity contribution in [1.82, 2.24) is 4.90 Å². The summed E-state index contributed by atoms with van der Waals surface area (Å²) in [5.74, 6) is -0.0839. The van der Waals surface area contributed by atoms with Crippen LogP contribution in [-0.4, -0.2) is 61.5 Å². The SMILES string of the molecule is COC(OC)C1CCN(C2=NOC(C(C(=O)O)C(C)C)C2)CC1. The van der Waals surface area contributed by atoms with Crippen molar-refractivity contribution in [3.8, 4) is 0 Å². The number of rotatable bonds is 6. The van der Waals surface area contributed by atoms with Crippen molar-refractivity contribution in [2.75, 3.05) is 27.3 Å². The number of methoxy groups -OCH3 is 2. The van der Waals surface area contributed by atoms with Gasteiger partial charge in [-0.2, -0.15) is 0 Å². The molecule has 2 unspecified atom stereocenters. The van der Waals surface area contributed by atoms with E-state index in [2.05, 4.69) is 10.1 Å². The van der Waals surface area contributed by atoms with E-state index in [1.807, 2.05) is 13.8 Å². The molecule has 0 saturated carbocycles. The van der Waals surface area contributed by atoms with Crippen molar-refractivity contribution < 1.29 is 24.2 Å². The lowest BCUT2D eigenvalue weighted by atomic mass is 9.88. The number of carbonyl (C=O) groups is 1. The lowest BCUT2D eigenvalue weighted by Crippen LogP contribution is -2.42. The largest absolute Gasteiger partial charge is 0.481 e. The van der Waals surface area contributed by atoms with Crippen LogP contribution in [0.3, 0.4) is 0 Å². The van der Waals surface area contributed by atoms with Crippen LogP contribution in [-0.2, 0) is 19.1 Å². The van der Waals surface area contributed by atoms with Crippen LogP contribution in [0.5, 0.6) is 0 Å². The van der Waals surface area contributed by atoms with Crippen molar-refractivity contribution in [1.29, 1.82) is 0 Å². The molecule has 0 radical (unpaired) electrons. The molecule has 1 saturated heterocycles. The summed E-state index contributed by atoms with van der Waals surface area (Å²) in [6.07, 6.45) is 1.96. The maximum atomic E-state index is 11.4. The number of carboxylic acid groups (broad SMARTS) is 1. The highest BCUT2D eigenvalue weighted by atomic mass is 16.7. The molecule has 2 aliphatic heterocycles. The van der Waals surface area contributed by atoms with Gasteiger partial charge in [0.1, 0.15) is 11.9 Å². The predicted molar refractivity (Wildman–Crippen MR) is 85.0 cm³/mol. The van der Waals surface area contributed by atoms with Crippen molar-refractivity contribution in [2.45, 2.75) is 45.5 Å². The van der Waals surface area contributed by atoms with E-state index in [-0.39, 0.29) is 18.3 Å². The lowest BCUT2D eigenvalue weighted by molar-refractivity contribution is -0.149. The Labute approximate surface area is 137 Å². The number of piperidine rings is 1. The van der Waals surface area contributed by atoms with Crippen LogP contribution in [0.4, 0.5) is 0 Å². The van der Waals surface area contributed by atoms with Crippen LogP contribution in [0.2, 0.25) is 0 Å². The molecule has 2 heterocycles. The highest BCUT2D eigenvalue weighted by Crippen LogP contribution is 2.29. The fourth-order valence-electron chi connectivity index (χ4n) is 3.55. The minimum Gasteiger partial charge on any atom is -0.481 e. The molecule has 0 aliphatic carbocycles. The molecule has 0 spiro atoms. The summed E-state index contributed by atoms with van der Waals surface area (Å²) in [7, 11) is 3.33. The van der Waals surface area contributed by atoms with Gasteiger partial charge >= 0.3 is 5.97 Å². The third-order valence-corrected chi connectivity index (χ3v) is 4.84. The second kappa shape index (κ2) is 7.97. The van der Waals surface area contributed by atoms with Crippen molar-refractivity contribution in [3.05, 3.63) is 0 Å². The molecule has 0 aromatic heterocycles. The second-order valence-corrected chi connectivity index (χ2v) is 6.63. The number of carboxylic acids is 1. The molecule has 2 atom stereocenters. The van der Waals surface area contributed by atoms with Crippen LogP contribution < -0.4 is 0 Å². The van der Waals surface area contributed by atoms with E-state index in [9.17, 15) is 9.90 Å². The van der Waals surface area contributed by atoms with E-state index >= 15 is 0 Å². The molecule has 0 amide bonds. The maximum absolute atomic E-state index is 11.4. The van der Waals surface area contributed by atoms with Crippen LogP contribution in [0, 0.1) is 17.8 Å².